The van der Waals surface area contributed by atoms with Crippen molar-refractivity contribution in [2.45, 2.75) is 19.0 Å². The number of allylic oxidation sites excluding steroid dienone is 3. The molecule has 2 heterocycles. The van der Waals surface area contributed by atoms with E-state index in [4.69, 9.17) is 5.41 Å². The quantitative estimate of drug-likeness (QED) is 0.569. The molecule has 0 aromatic carbocycles. The molecule has 3 aliphatic rings. The van der Waals surface area contributed by atoms with Gasteiger partial charge in [0.2, 0.25) is 0 Å². The molecule has 0 fully saturated rings. The van der Waals surface area contributed by atoms with E-state index in [0.717, 1.165) is 18.4 Å². The zero-order chi connectivity index (χ0) is 11.0. The lowest BCUT2D eigenvalue weighted by Gasteiger charge is -2.27. The van der Waals surface area contributed by atoms with Crippen molar-refractivity contribution in [2.75, 3.05) is 0 Å². The first-order chi connectivity index (χ1) is 7.86. The predicted molar refractivity (Wildman–Crippen MR) is 64.3 cm³/mol. The van der Waals surface area contributed by atoms with E-state index in [0.29, 0.717) is 11.6 Å². The smallest absolute Gasteiger partial charge is 0.123 e. The van der Waals surface area contributed by atoms with Crippen molar-refractivity contribution in [2.24, 2.45) is 11.0 Å². The van der Waals surface area contributed by atoms with E-state index < -0.39 is 0 Å². The van der Waals surface area contributed by atoms with E-state index >= 15 is 0 Å². The Morgan fingerprint density at radius 3 is 3.25 bits per heavy atom. The van der Waals surface area contributed by atoms with Crippen LogP contribution in [0.3, 0.4) is 0 Å². The topological polar surface area (TPSA) is 60.3 Å². The van der Waals surface area contributed by atoms with Crippen molar-refractivity contribution in [3.05, 3.63) is 35.6 Å². The molecule has 3 N–H and O–H groups in total. The molecule has 2 atom stereocenters. The molecule has 82 valence electrons. The number of fused-ring (bicyclic) bond motifs is 1. The highest BCUT2D eigenvalue weighted by molar-refractivity contribution is 6.10. The van der Waals surface area contributed by atoms with Crippen molar-refractivity contribution in [3.8, 4) is 0 Å². The molecule has 0 aromatic heterocycles. The van der Waals surface area contributed by atoms with Crippen LogP contribution in [0.4, 0.5) is 0 Å². The van der Waals surface area contributed by atoms with E-state index in [9.17, 15) is 0 Å². The normalized spacial score (nSPS) is 35.9. The Balaban J connectivity index is 2.04. The molecule has 2 aliphatic heterocycles. The second-order valence-electron chi connectivity index (χ2n) is 4.21. The molecule has 4 nitrogen and oxygen atoms in total. The van der Waals surface area contributed by atoms with Gasteiger partial charge in [-0.15, -0.1) is 0 Å². The van der Waals surface area contributed by atoms with Crippen LogP contribution in [-0.4, -0.2) is 18.1 Å². The molecule has 1 aliphatic carbocycles. The van der Waals surface area contributed by atoms with Crippen LogP contribution in [0, 0.1) is 11.3 Å². The molecule has 0 radical (unpaired) electrons. The SMILES string of the molecule is N=C1C=CCCC1=C1C=NNC2NC=CC12. The van der Waals surface area contributed by atoms with Crippen molar-refractivity contribution < 1.29 is 0 Å². The van der Waals surface area contributed by atoms with Crippen molar-refractivity contribution in [1.29, 1.82) is 5.41 Å². The van der Waals surface area contributed by atoms with Gasteiger partial charge in [-0.05, 0) is 36.3 Å². The van der Waals surface area contributed by atoms with E-state index in [2.05, 4.69) is 28.0 Å². The predicted octanol–water partition coefficient (Wildman–Crippen LogP) is 1.30. The number of rotatable bonds is 0. The van der Waals surface area contributed by atoms with Gasteiger partial charge in [0, 0.05) is 5.92 Å². The van der Waals surface area contributed by atoms with Crippen molar-refractivity contribution in [3.63, 3.8) is 0 Å². The first kappa shape index (κ1) is 9.39. The highest BCUT2D eigenvalue weighted by Gasteiger charge is 2.30. The van der Waals surface area contributed by atoms with Gasteiger partial charge in [0.05, 0.1) is 11.9 Å². The molecule has 0 amide bonds. The summed E-state index contributed by atoms with van der Waals surface area (Å²) in [6.45, 7) is 0. The minimum absolute atomic E-state index is 0.159. The van der Waals surface area contributed by atoms with Gasteiger partial charge in [0.1, 0.15) is 6.17 Å². The fourth-order valence-electron chi connectivity index (χ4n) is 2.39. The molecule has 16 heavy (non-hydrogen) atoms. The molecule has 4 heteroatoms. The summed E-state index contributed by atoms with van der Waals surface area (Å²) in [6, 6.07) is 0. The maximum atomic E-state index is 7.96. The van der Waals surface area contributed by atoms with Crippen LogP contribution in [-0.2, 0) is 0 Å². The molecule has 2 unspecified atom stereocenters. The summed E-state index contributed by atoms with van der Waals surface area (Å²) in [5.41, 5.74) is 5.99. The van der Waals surface area contributed by atoms with Gasteiger partial charge in [-0.3, -0.25) is 5.43 Å². The molecule has 0 bridgehead atoms. The van der Waals surface area contributed by atoms with E-state index in [1.165, 1.54) is 5.57 Å². The van der Waals surface area contributed by atoms with E-state index in [1.54, 1.807) is 0 Å². The van der Waals surface area contributed by atoms with Gasteiger partial charge in [-0.2, -0.15) is 5.10 Å². The lowest BCUT2D eigenvalue weighted by molar-refractivity contribution is 0.438. The maximum Gasteiger partial charge on any atom is 0.123 e. The fraction of sp³-hybridized carbons (Fsp3) is 0.333. The zero-order valence-electron chi connectivity index (χ0n) is 8.90. The van der Waals surface area contributed by atoms with Gasteiger partial charge in [0.25, 0.3) is 0 Å². The summed E-state index contributed by atoms with van der Waals surface area (Å²) in [5.74, 6) is 0.305. The van der Waals surface area contributed by atoms with Crippen molar-refractivity contribution >= 4 is 11.9 Å². The standard InChI is InChI=1S/C12H14N4/c13-11-4-2-1-3-8(11)10-7-15-16-12-9(10)5-6-14-12/h2,4-7,9,12-14,16H,1,3H2. The number of nitrogens with zero attached hydrogens (tertiary/aromatic N) is 1. The number of hydrazone groups is 1. The second kappa shape index (κ2) is 3.63. The van der Waals surface area contributed by atoms with Gasteiger partial charge < -0.3 is 10.7 Å². The zero-order valence-corrected chi connectivity index (χ0v) is 8.90. The highest BCUT2D eigenvalue weighted by Crippen LogP contribution is 2.28. The largest absolute Gasteiger partial charge is 0.370 e. The molecule has 0 spiro atoms. The van der Waals surface area contributed by atoms with Crippen LogP contribution in [0.15, 0.2) is 40.7 Å². The summed E-state index contributed by atoms with van der Waals surface area (Å²) in [4.78, 5) is 0. The van der Waals surface area contributed by atoms with Crippen LogP contribution < -0.4 is 10.7 Å². The molecule has 0 saturated carbocycles. The summed E-state index contributed by atoms with van der Waals surface area (Å²) in [5, 5.41) is 15.3. The Hall–Kier alpha value is -1.84. The molecular weight excluding hydrogens is 200 g/mol. The number of nitrogens with one attached hydrogen (secondary N) is 3. The maximum absolute atomic E-state index is 7.96. The first-order valence-electron chi connectivity index (χ1n) is 5.56. The third kappa shape index (κ3) is 1.38. The van der Waals surface area contributed by atoms with Crippen LogP contribution in [0.1, 0.15) is 12.8 Å². The highest BCUT2D eigenvalue weighted by atomic mass is 15.4. The minimum Gasteiger partial charge on any atom is -0.370 e. The Kier molecular flexibility index (Phi) is 2.13. The Morgan fingerprint density at radius 2 is 2.38 bits per heavy atom. The van der Waals surface area contributed by atoms with Crippen molar-refractivity contribution in [1.82, 2.24) is 10.7 Å². The van der Waals surface area contributed by atoms with Gasteiger partial charge in [-0.25, -0.2) is 0 Å². The molecular formula is C12H14N4. The summed E-state index contributed by atoms with van der Waals surface area (Å²) in [7, 11) is 0. The third-order valence-electron chi connectivity index (χ3n) is 3.23. The van der Waals surface area contributed by atoms with Gasteiger partial charge >= 0.3 is 0 Å². The lowest BCUT2D eigenvalue weighted by Crippen LogP contribution is -2.43. The van der Waals surface area contributed by atoms with E-state index in [1.807, 2.05) is 18.5 Å². The second-order valence-corrected chi connectivity index (χ2v) is 4.21. The van der Waals surface area contributed by atoms with Crippen LogP contribution in [0.2, 0.25) is 0 Å². The fourth-order valence-corrected chi connectivity index (χ4v) is 2.39. The molecule has 3 rings (SSSR count). The first-order valence-corrected chi connectivity index (χ1v) is 5.56. The Bertz CT molecular complexity index is 442. The average Bonchev–Trinajstić information content (AvgIpc) is 2.77. The summed E-state index contributed by atoms with van der Waals surface area (Å²) >= 11 is 0. The van der Waals surface area contributed by atoms with E-state index in [-0.39, 0.29) is 6.17 Å². The third-order valence-corrected chi connectivity index (χ3v) is 3.23. The van der Waals surface area contributed by atoms with Gasteiger partial charge in [0.15, 0.2) is 0 Å². The Morgan fingerprint density at radius 1 is 1.44 bits per heavy atom. The molecule has 0 aromatic rings. The minimum atomic E-state index is 0.159. The lowest BCUT2D eigenvalue weighted by atomic mass is 9.86. The molecule has 0 saturated heterocycles. The summed E-state index contributed by atoms with van der Waals surface area (Å²) in [6.07, 6.45) is 12.0. The average molecular weight is 214 g/mol. The number of hydrogen-bond donors (Lipinski definition) is 3. The Labute approximate surface area is 94.3 Å². The van der Waals surface area contributed by atoms with Gasteiger partial charge in [-0.1, -0.05) is 12.2 Å². The monoisotopic (exact) mass is 214 g/mol. The van der Waals surface area contributed by atoms with Crippen LogP contribution >= 0.6 is 0 Å². The number of hydrogen-bond acceptors (Lipinski definition) is 4. The van der Waals surface area contributed by atoms with Crippen LogP contribution in [0.5, 0.6) is 0 Å². The summed E-state index contributed by atoms with van der Waals surface area (Å²) < 4.78 is 0. The van der Waals surface area contributed by atoms with Crippen LogP contribution in [0.25, 0.3) is 0 Å².